The molecule has 0 aromatic heterocycles. The third kappa shape index (κ3) is 2.61. The largest absolute Gasteiger partial charge is 0.449 e. The van der Waals surface area contributed by atoms with Crippen LogP contribution in [0.15, 0.2) is 0 Å². The van der Waals surface area contributed by atoms with E-state index in [1.165, 1.54) is 0 Å². The molecule has 4 nitrogen and oxygen atoms in total. The number of rotatable bonds is 2. The van der Waals surface area contributed by atoms with E-state index in [9.17, 15) is 4.79 Å². The Hall–Kier alpha value is -0.770. The lowest BCUT2D eigenvalue weighted by atomic mass is 10.00. The highest BCUT2D eigenvalue weighted by molar-refractivity contribution is 5.69. The molecule has 0 spiro atoms. The van der Waals surface area contributed by atoms with Gasteiger partial charge in [0.25, 0.3) is 0 Å². The van der Waals surface area contributed by atoms with E-state index in [0.29, 0.717) is 19.1 Å². The predicted molar refractivity (Wildman–Crippen MR) is 55.0 cm³/mol. The lowest BCUT2D eigenvalue weighted by Crippen LogP contribution is -2.52. The summed E-state index contributed by atoms with van der Waals surface area (Å²) in [6.07, 6.45) is 0.714. The summed E-state index contributed by atoms with van der Waals surface area (Å²) in [7, 11) is 0. The Balaban J connectivity index is 2.60. The summed E-state index contributed by atoms with van der Waals surface area (Å²) in [5.41, 5.74) is 5.33. The van der Waals surface area contributed by atoms with E-state index in [0.717, 1.165) is 13.0 Å². The van der Waals surface area contributed by atoms with Gasteiger partial charge in [0.1, 0.15) is 0 Å². The van der Waals surface area contributed by atoms with E-state index in [1.807, 2.05) is 20.8 Å². The average molecular weight is 200 g/mol. The monoisotopic (exact) mass is 200 g/mol. The molecule has 4 heteroatoms. The van der Waals surface area contributed by atoms with E-state index in [4.69, 9.17) is 10.5 Å². The van der Waals surface area contributed by atoms with Gasteiger partial charge in [0.05, 0.1) is 6.61 Å². The van der Waals surface area contributed by atoms with Crippen LogP contribution in [0, 0.1) is 5.92 Å². The molecule has 14 heavy (non-hydrogen) atoms. The molecule has 0 aliphatic carbocycles. The molecule has 0 aromatic rings. The average Bonchev–Trinajstić information content (AvgIpc) is 2.07. The zero-order chi connectivity index (χ0) is 10.8. The fourth-order valence-corrected chi connectivity index (χ4v) is 1.61. The lowest BCUT2D eigenvalue weighted by Gasteiger charge is -2.40. The van der Waals surface area contributed by atoms with Gasteiger partial charge in [0.15, 0.2) is 0 Å². The van der Waals surface area contributed by atoms with E-state index < -0.39 is 0 Å². The Bertz CT molecular complexity index is 211. The molecule has 1 rings (SSSR count). The normalized spacial score (nSPS) is 23.6. The van der Waals surface area contributed by atoms with Crippen molar-refractivity contribution in [3.63, 3.8) is 0 Å². The van der Waals surface area contributed by atoms with Gasteiger partial charge in [-0.3, -0.25) is 0 Å². The van der Waals surface area contributed by atoms with Gasteiger partial charge in [-0.25, -0.2) is 4.79 Å². The first kappa shape index (κ1) is 11.3. The second-order valence-corrected chi connectivity index (χ2v) is 4.80. The zero-order valence-corrected chi connectivity index (χ0v) is 9.25. The van der Waals surface area contributed by atoms with Gasteiger partial charge >= 0.3 is 6.09 Å². The third-order valence-corrected chi connectivity index (χ3v) is 2.49. The minimum absolute atomic E-state index is 0.162. The Morgan fingerprint density at radius 1 is 1.57 bits per heavy atom. The number of cyclic esters (lactones) is 1. The van der Waals surface area contributed by atoms with E-state index in [2.05, 4.69) is 0 Å². The van der Waals surface area contributed by atoms with Crippen molar-refractivity contribution in [2.45, 2.75) is 32.7 Å². The summed E-state index contributed by atoms with van der Waals surface area (Å²) in [5, 5.41) is 0. The lowest BCUT2D eigenvalue weighted by molar-refractivity contribution is 0.00801. The van der Waals surface area contributed by atoms with Crippen molar-refractivity contribution in [2.75, 3.05) is 19.7 Å². The Labute approximate surface area is 85.4 Å². The Kier molecular flexibility index (Phi) is 3.37. The molecule has 82 valence electrons. The topological polar surface area (TPSA) is 55.6 Å². The first-order valence-corrected chi connectivity index (χ1v) is 5.09. The van der Waals surface area contributed by atoms with Gasteiger partial charge in [0.2, 0.25) is 0 Å². The quantitative estimate of drug-likeness (QED) is 0.728. The Morgan fingerprint density at radius 3 is 2.71 bits per heavy atom. The molecule has 1 unspecified atom stereocenters. The summed E-state index contributed by atoms with van der Waals surface area (Å²) in [4.78, 5) is 13.2. The van der Waals surface area contributed by atoms with Gasteiger partial charge in [-0.1, -0.05) is 0 Å². The maximum Gasteiger partial charge on any atom is 0.410 e. The molecular weight excluding hydrogens is 180 g/mol. The molecule has 1 saturated heterocycles. The van der Waals surface area contributed by atoms with Crippen LogP contribution in [0.3, 0.4) is 0 Å². The van der Waals surface area contributed by atoms with Crippen LogP contribution in [-0.2, 0) is 4.74 Å². The molecule has 0 aromatic carbocycles. The molecule has 1 amide bonds. The van der Waals surface area contributed by atoms with Crippen molar-refractivity contribution in [1.29, 1.82) is 0 Å². The molecule has 1 heterocycles. The maximum absolute atomic E-state index is 11.5. The van der Waals surface area contributed by atoms with Crippen LogP contribution < -0.4 is 5.73 Å². The van der Waals surface area contributed by atoms with Gasteiger partial charge in [-0.2, -0.15) is 0 Å². The molecular formula is C10H20N2O2. The molecule has 2 N–H and O–H groups in total. The molecule has 1 aliphatic rings. The van der Waals surface area contributed by atoms with Crippen molar-refractivity contribution in [2.24, 2.45) is 11.7 Å². The van der Waals surface area contributed by atoms with Crippen LogP contribution in [0.1, 0.15) is 27.2 Å². The van der Waals surface area contributed by atoms with Crippen LogP contribution >= 0.6 is 0 Å². The molecule has 0 bridgehead atoms. The highest BCUT2D eigenvalue weighted by atomic mass is 16.6. The number of hydrogen-bond donors (Lipinski definition) is 1. The van der Waals surface area contributed by atoms with Gasteiger partial charge in [-0.15, -0.1) is 0 Å². The van der Waals surface area contributed by atoms with Crippen LogP contribution in [-0.4, -0.2) is 36.2 Å². The van der Waals surface area contributed by atoms with Crippen molar-refractivity contribution in [3.05, 3.63) is 0 Å². The standard InChI is InChI=1S/C10H20N2O2/c1-10(2,3)12-6-8(4-5-11)7-14-9(12)13/h8H,4-7,11H2,1-3H3. The van der Waals surface area contributed by atoms with Crippen molar-refractivity contribution in [3.8, 4) is 0 Å². The van der Waals surface area contributed by atoms with Gasteiger partial charge in [-0.05, 0) is 33.7 Å². The number of nitrogens with two attached hydrogens (primary N) is 1. The van der Waals surface area contributed by atoms with Crippen molar-refractivity contribution in [1.82, 2.24) is 4.90 Å². The zero-order valence-electron chi connectivity index (χ0n) is 9.25. The van der Waals surface area contributed by atoms with Crippen LogP contribution in [0.25, 0.3) is 0 Å². The van der Waals surface area contributed by atoms with Gasteiger partial charge in [0, 0.05) is 18.0 Å². The smallest absolute Gasteiger partial charge is 0.410 e. The second kappa shape index (κ2) is 4.17. The highest BCUT2D eigenvalue weighted by Crippen LogP contribution is 2.22. The summed E-state index contributed by atoms with van der Waals surface area (Å²) in [5.74, 6) is 0.386. The number of ether oxygens (including phenoxy) is 1. The number of carbonyl (C=O) groups excluding carboxylic acids is 1. The fourth-order valence-electron chi connectivity index (χ4n) is 1.61. The Morgan fingerprint density at radius 2 is 2.21 bits per heavy atom. The summed E-state index contributed by atoms with van der Waals surface area (Å²) in [6, 6.07) is 0. The van der Waals surface area contributed by atoms with E-state index in [1.54, 1.807) is 4.90 Å². The molecule has 0 saturated carbocycles. The number of nitrogens with zero attached hydrogens (tertiary/aromatic N) is 1. The SMILES string of the molecule is CC(C)(C)N1CC(CCN)COC1=O. The first-order valence-electron chi connectivity index (χ1n) is 5.09. The summed E-state index contributed by atoms with van der Waals surface area (Å²) < 4.78 is 5.11. The third-order valence-electron chi connectivity index (χ3n) is 2.49. The molecule has 1 atom stereocenters. The number of hydrogen-bond acceptors (Lipinski definition) is 3. The minimum Gasteiger partial charge on any atom is -0.449 e. The number of amides is 1. The van der Waals surface area contributed by atoms with Crippen LogP contribution in [0.4, 0.5) is 4.79 Å². The fraction of sp³-hybridized carbons (Fsp3) is 0.900. The van der Waals surface area contributed by atoms with Gasteiger partial charge < -0.3 is 15.4 Å². The predicted octanol–water partition coefficient (Wildman–Crippen LogP) is 1.20. The molecule has 0 radical (unpaired) electrons. The van der Waals surface area contributed by atoms with E-state index in [-0.39, 0.29) is 11.6 Å². The van der Waals surface area contributed by atoms with Crippen LogP contribution in [0.2, 0.25) is 0 Å². The second-order valence-electron chi connectivity index (χ2n) is 4.80. The van der Waals surface area contributed by atoms with Crippen LogP contribution in [0.5, 0.6) is 0 Å². The van der Waals surface area contributed by atoms with Crippen molar-refractivity contribution < 1.29 is 9.53 Å². The van der Waals surface area contributed by atoms with Crippen molar-refractivity contribution >= 4 is 6.09 Å². The van der Waals surface area contributed by atoms with E-state index >= 15 is 0 Å². The molecule has 1 aliphatic heterocycles. The maximum atomic E-state index is 11.5. The minimum atomic E-state index is -0.203. The highest BCUT2D eigenvalue weighted by Gasteiger charge is 2.33. The summed E-state index contributed by atoms with van der Waals surface area (Å²) >= 11 is 0. The molecule has 1 fully saturated rings. The summed E-state index contributed by atoms with van der Waals surface area (Å²) in [6.45, 7) is 7.97. The first-order chi connectivity index (χ1) is 6.45. The number of carbonyl (C=O) groups is 1.